The fraction of sp³-hybridized carbons (Fsp3) is 0.753. The second kappa shape index (κ2) is 67.1. The normalized spacial score (nSPS) is 13.3. The van der Waals surface area contributed by atoms with E-state index >= 15 is 0 Å². The van der Waals surface area contributed by atoms with Crippen molar-refractivity contribution in [1.82, 2.24) is 0 Å². The van der Waals surface area contributed by atoms with Gasteiger partial charge in [-0.25, -0.2) is 0 Å². The molecule has 0 bridgehead atoms. The van der Waals surface area contributed by atoms with Crippen molar-refractivity contribution >= 4 is 17.9 Å². The van der Waals surface area contributed by atoms with Crippen LogP contribution in [0.3, 0.4) is 0 Å². The molecule has 0 spiro atoms. The number of carbonyl (C=O) groups excluding carboxylic acids is 3. The lowest BCUT2D eigenvalue weighted by Crippen LogP contribution is -2.44. The number of ether oxygens (including phenoxy) is 4. The molecule has 2 atom stereocenters. The Labute approximate surface area is 531 Å². The standard InChI is InChI=1S/C77H135NO8/c1-6-8-10-12-14-16-18-20-22-24-26-28-30-32-34-36-38-40-42-44-46-48-50-52-54-56-58-60-62-64-66-68-75(80)86-73(72-85-77(76(81)82)83-70-69-78(3,4)5)71-84-74(79)67-65-63-61-59-57-55-53-51-49-47-45-43-41-39-37-35-33-31-29-27-25-23-21-19-17-15-13-11-9-7-2/h8,10,14,16,20,22,26,28,32,34,38,40,44,46,50,52,73,77H,6-7,9,11-13,15,17-19,21,23-25,27,29-31,33,35-37,39,41-43,45,47-49,51,53-72H2,1-5H3/b10-8-,16-14-,22-20-,28-26-,34-32-,40-38-,46-44-,52-50-. The van der Waals surface area contributed by atoms with Crippen molar-refractivity contribution in [3.05, 3.63) is 97.2 Å². The summed E-state index contributed by atoms with van der Waals surface area (Å²) in [6.45, 7) is 4.65. The molecule has 9 heteroatoms. The first-order valence-corrected chi connectivity index (χ1v) is 35.9. The van der Waals surface area contributed by atoms with Gasteiger partial charge in [-0.1, -0.05) is 323 Å². The molecule has 0 amide bonds. The predicted octanol–water partition coefficient (Wildman–Crippen LogP) is 21.1. The molecule has 0 radical (unpaired) electrons. The van der Waals surface area contributed by atoms with Crippen molar-refractivity contribution in [3.8, 4) is 0 Å². The highest BCUT2D eigenvalue weighted by molar-refractivity contribution is 5.70. The molecule has 0 aromatic carbocycles. The van der Waals surface area contributed by atoms with Crippen molar-refractivity contribution in [3.63, 3.8) is 0 Å². The summed E-state index contributed by atoms with van der Waals surface area (Å²) in [5.74, 6) is -2.29. The van der Waals surface area contributed by atoms with Crippen LogP contribution in [0.2, 0.25) is 0 Å². The predicted molar refractivity (Wildman–Crippen MR) is 366 cm³/mol. The van der Waals surface area contributed by atoms with E-state index in [9.17, 15) is 19.5 Å². The third kappa shape index (κ3) is 67.7. The Hall–Kier alpha value is -3.79. The first-order valence-electron chi connectivity index (χ1n) is 35.9. The van der Waals surface area contributed by atoms with E-state index < -0.39 is 24.3 Å². The molecule has 0 saturated carbocycles. The molecule has 496 valence electrons. The van der Waals surface area contributed by atoms with E-state index in [1.165, 1.54) is 173 Å². The van der Waals surface area contributed by atoms with Gasteiger partial charge >= 0.3 is 11.9 Å². The van der Waals surface area contributed by atoms with Crippen molar-refractivity contribution < 1.29 is 42.9 Å². The van der Waals surface area contributed by atoms with Crippen LogP contribution in [0.15, 0.2) is 97.2 Å². The Kier molecular flexibility index (Phi) is 64.2. The molecule has 0 aliphatic rings. The maximum atomic E-state index is 12.9. The van der Waals surface area contributed by atoms with Crippen LogP contribution < -0.4 is 5.11 Å². The smallest absolute Gasteiger partial charge is 0.306 e. The summed E-state index contributed by atoms with van der Waals surface area (Å²) in [6.07, 6.45) is 89.3. The van der Waals surface area contributed by atoms with E-state index in [1.54, 1.807) is 0 Å². The summed E-state index contributed by atoms with van der Waals surface area (Å²) in [4.78, 5) is 37.5. The Balaban J connectivity index is 4.15. The summed E-state index contributed by atoms with van der Waals surface area (Å²) in [5, 5.41) is 11.8. The second-order valence-corrected chi connectivity index (χ2v) is 25.2. The number of carboxylic acid groups (broad SMARTS) is 1. The molecule has 0 N–H and O–H groups in total. The molecule has 0 aliphatic carbocycles. The number of quaternary nitrogens is 1. The molecule has 2 unspecified atom stereocenters. The van der Waals surface area contributed by atoms with Crippen LogP contribution in [0.4, 0.5) is 0 Å². The molecule has 0 saturated heterocycles. The number of unbranched alkanes of at least 4 members (excludes halogenated alkanes) is 35. The SMILES string of the molecule is CC/C=C\C/C=C\C/C=C\C/C=C\C/C=C\C/C=C\C/C=C\C/C=C\CCCCCCCCC(=O)OC(COC(=O)CCCCCCCCCCCCCCCCCCCCCCCCCCCCCCCC)COC(OCC[N+](C)(C)C)C(=O)[O-]. The molecule has 0 rings (SSSR count). The van der Waals surface area contributed by atoms with Crippen LogP contribution in [-0.2, 0) is 33.3 Å². The first-order chi connectivity index (χ1) is 42.1. The number of allylic oxidation sites excluding steroid dienone is 16. The highest BCUT2D eigenvalue weighted by Gasteiger charge is 2.22. The summed E-state index contributed by atoms with van der Waals surface area (Å²) >= 11 is 0. The van der Waals surface area contributed by atoms with Gasteiger partial charge in [-0.2, -0.15) is 0 Å². The van der Waals surface area contributed by atoms with Crippen molar-refractivity contribution in [2.75, 3.05) is 47.5 Å². The van der Waals surface area contributed by atoms with Gasteiger partial charge in [0.05, 0.1) is 40.3 Å². The largest absolute Gasteiger partial charge is 0.545 e. The van der Waals surface area contributed by atoms with Crippen LogP contribution in [0, 0.1) is 0 Å². The van der Waals surface area contributed by atoms with Gasteiger partial charge in [0.15, 0.2) is 12.4 Å². The molecule has 0 fully saturated rings. The minimum absolute atomic E-state index is 0.141. The molecular formula is C77H135NO8. The van der Waals surface area contributed by atoms with Crippen molar-refractivity contribution in [2.45, 2.75) is 328 Å². The van der Waals surface area contributed by atoms with Crippen LogP contribution in [0.25, 0.3) is 0 Å². The van der Waals surface area contributed by atoms with Crippen LogP contribution in [-0.4, -0.2) is 82.3 Å². The molecule has 0 aromatic heterocycles. The fourth-order valence-electron chi connectivity index (χ4n) is 10.1. The van der Waals surface area contributed by atoms with Crippen molar-refractivity contribution in [2.24, 2.45) is 0 Å². The highest BCUT2D eigenvalue weighted by atomic mass is 16.7. The topological polar surface area (TPSA) is 111 Å². The van der Waals surface area contributed by atoms with Crippen LogP contribution >= 0.6 is 0 Å². The van der Waals surface area contributed by atoms with Gasteiger partial charge in [0.2, 0.25) is 0 Å². The number of likely N-dealkylation sites (N-methyl/N-ethyl adjacent to an activating group) is 1. The third-order valence-corrected chi connectivity index (χ3v) is 15.6. The average Bonchev–Trinajstić information content (AvgIpc) is 3.64. The minimum atomic E-state index is -1.63. The molecule has 0 heterocycles. The van der Waals surface area contributed by atoms with Gasteiger partial charge < -0.3 is 33.3 Å². The maximum Gasteiger partial charge on any atom is 0.306 e. The number of carbonyl (C=O) groups is 3. The van der Waals surface area contributed by atoms with E-state index in [0.29, 0.717) is 17.4 Å². The molecule has 9 nitrogen and oxygen atoms in total. The number of esters is 2. The van der Waals surface area contributed by atoms with E-state index in [1.807, 2.05) is 21.1 Å². The van der Waals surface area contributed by atoms with E-state index in [2.05, 4.69) is 111 Å². The monoisotopic (exact) mass is 1200 g/mol. The van der Waals surface area contributed by atoms with E-state index in [0.717, 1.165) is 109 Å². The molecule has 0 aliphatic heterocycles. The number of aliphatic carboxylic acids is 1. The lowest BCUT2D eigenvalue weighted by Gasteiger charge is -2.26. The number of carboxylic acids is 1. The zero-order valence-electron chi connectivity index (χ0n) is 56.7. The van der Waals surface area contributed by atoms with Crippen molar-refractivity contribution in [1.29, 1.82) is 0 Å². The number of nitrogens with zero attached hydrogens (tertiary/aromatic N) is 1. The fourth-order valence-corrected chi connectivity index (χ4v) is 10.1. The lowest BCUT2D eigenvalue weighted by molar-refractivity contribution is -0.870. The van der Waals surface area contributed by atoms with Gasteiger partial charge in [-0.3, -0.25) is 9.59 Å². The lowest BCUT2D eigenvalue weighted by atomic mass is 10.0. The average molecular weight is 1200 g/mol. The van der Waals surface area contributed by atoms with Gasteiger partial charge in [-0.05, 0) is 77.0 Å². The summed E-state index contributed by atoms with van der Waals surface area (Å²) in [7, 11) is 5.93. The zero-order chi connectivity index (χ0) is 62.6. The van der Waals surface area contributed by atoms with Gasteiger partial charge in [0.1, 0.15) is 13.2 Å². The maximum absolute atomic E-state index is 12.9. The minimum Gasteiger partial charge on any atom is -0.545 e. The van der Waals surface area contributed by atoms with Crippen LogP contribution in [0.5, 0.6) is 0 Å². The van der Waals surface area contributed by atoms with Gasteiger partial charge in [-0.15, -0.1) is 0 Å². The highest BCUT2D eigenvalue weighted by Crippen LogP contribution is 2.18. The Morgan fingerprint density at radius 1 is 0.360 bits per heavy atom. The van der Waals surface area contributed by atoms with E-state index in [-0.39, 0.29) is 38.6 Å². The molecule has 86 heavy (non-hydrogen) atoms. The Morgan fingerprint density at radius 3 is 0.988 bits per heavy atom. The number of hydrogen-bond acceptors (Lipinski definition) is 8. The van der Waals surface area contributed by atoms with Crippen LogP contribution in [0.1, 0.15) is 316 Å². The zero-order valence-corrected chi connectivity index (χ0v) is 56.7. The summed E-state index contributed by atoms with van der Waals surface area (Å²) in [5.41, 5.74) is 0. The molecular weight excluding hydrogens is 1070 g/mol. The number of hydrogen-bond donors (Lipinski definition) is 0. The Bertz CT molecular complexity index is 1730. The van der Waals surface area contributed by atoms with Gasteiger partial charge in [0.25, 0.3) is 0 Å². The number of rotatable bonds is 66. The quantitative estimate of drug-likeness (QED) is 0.0195. The first kappa shape index (κ1) is 82.2. The molecule has 0 aromatic rings. The van der Waals surface area contributed by atoms with Gasteiger partial charge in [0, 0.05) is 12.8 Å². The summed E-state index contributed by atoms with van der Waals surface area (Å²) < 4.78 is 22.8. The van der Waals surface area contributed by atoms with E-state index in [4.69, 9.17) is 18.9 Å². The second-order valence-electron chi connectivity index (χ2n) is 25.2. The third-order valence-electron chi connectivity index (χ3n) is 15.6. The summed E-state index contributed by atoms with van der Waals surface area (Å²) in [6, 6.07) is 0. The Morgan fingerprint density at radius 2 is 0.663 bits per heavy atom.